The summed E-state index contributed by atoms with van der Waals surface area (Å²) in [5.74, 6) is 2.51. The highest BCUT2D eigenvalue weighted by Gasteiger charge is 2.49. The number of nitrogens with zero attached hydrogens (tertiary/aromatic N) is 1. The van der Waals surface area contributed by atoms with E-state index in [1.807, 2.05) is 0 Å². The second-order valence-electron chi connectivity index (χ2n) is 8.48. The number of hydrogen-bond donors (Lipinski definition) is 0. The zero-order valence-electron chi connectivity index (χ0n) is 17.2. The molecular formula is C23H37NO2. The van der Waals surface area contributed by atoms with E-state index in [9.17, 15) is 0 Å². The first-order valence-corrected chi connectivity index (χ1v) is 10.6. The summed E-state index contributed by atoms with van der Waals surface area (Å²) in [5.41, 5.74) is 1.77. The highest BCUT2D eigenvalue weighted by atomic mass is 16.5. The Morgan fingerprint density at radius 2 is 1.96 bits per heavy atom. The molecule has 1 aromatic carbocycles. The minimum Gasteiger partial charge on any atom is -0.493 e. The van der Waals surface area contributed by atoms with Crippen LogP contribution in [0.2, 0.25) is 0 Å². The molecule has 0 radical (unpaired) electrons. The van der Waals surface area contributed by atoms with Gasteiger partial charge in [0.05, 0.1) is 14.2 Å². The number of rotatable bonds is 8. The van der Waals surface area contributed by atoms with Crippen LogP contribution in [0.25, 0.3) is 0 Å². The normalized spacial score (nSPS) is 27.2. The molecule has 1 aliphatic heterocycles. The molecule has 0 spiro atoms. The molecule has 0 N–H and O–H groups in total. The summed E-state index contributed by atoms with van der Waals surface area (Å²) >= 11 is 0. The van der Waals surface area contributed by atoms with Crippen LogP contribution in [0.4, 0.5) is 0 Å². The molecule has 3 nitrogen and oxygen atoms in total. The number of benzene rings is 1. The van der Waals surface area contributed by atoms with Crippen LogP contribution < -0.4 is 9.47 Å². The molecule has 2 fully saturated rings. The molecule has 3 rings (SSSR count). The van der Waals surface area contributed by atoms with E-state index < -0.39 is 0 Å². The lowest BCUT2D eigenvalue weighted by atomic mass is 9.66. The van der Waals surface area contributed by atoms with Crippen LogP contribution in [0, 0.1) is 5.92 Å². The van der Waals surface area contributed by atoms with Crippen LogP contribution in [-0.2, 0) is 5.41 Å². The smallest absolute Gasteiger partial charge is 0.161 e. The quantitative estimate of drug-likeness (QED) is 0.619. The molecular weight excluding hydrogens is 322 g/mol. The third-order valence-corrected chi connectivity index (χ3v) is 6.83. The first-order chi connectivity index (χ1) is 12.6. The van der Waals surface area contributed by atoms with E-state index in [4.69, 9.17) is 9.47 Å². The molecule has 1 aromatic rings. The maximum atomic E-state index is 5.61. The van der Waals surface area contributed by atoms with Crippen molar-refractivity contribution in [2.24, 2.45) is 5.92 Å². The van der Waals surface area contributed by atoms with Crippen molar-refractivity contribution < 1.29 is 9.47 Å². The number of likely N-dealkylation sites (tertiary alicyclic amines) is 1. The van der Waals surface area contributed by atoms with Crippen molar-refractivity contribution in [1.82, 2.24) is 4.90 Å². The van der Waals surface area contributed by atoms with Crippen molar-refractivity contribution in [3.8, 4) is 11.5 Å². The Morgan fingerprint density at radius 1 is 1.15 bits per heavy atom. The number of fused-ring (bicyclic) bond motifs is 1. The lowest BCUT2D eigenvalue weighted by Gasteiger charge is -2.43. The average molecular weight is 360 g/mol. The van der Waals surface area contributed by atoms with Gasteiger partial charge in [-0.1, -0.05) is 45.6 Å². The summed E-state index contributed by atoms with van der Waals surface area (Å²) in [7, 11) is 3.46. The maximum Gasteiger partial charge on any atom is 0.161 e. The number of methoxy groups -OCH3 is 2. The van der Waals surface area contributed by atoms with Crippen LogP contribution in [0.1, 0.15) is 70.8 Å². The first-order valence-electron chi connectivity index (χ1n) is 10.6. The Balaban J connectivity index is 1.83. The summed E-state index contributed by atoms with van der Waals surface area (Å²) < 4.78 is 11.1. The molecule has 1 heterocycles. The van der Waals surface area contributed by atoms with Gasteiger partial charge in [-0.15, -0.1) is 0 Å². The maximum absolute atomic E-state index is 5.61. The van der Waals surface area contributed by atoms with Gasteiger partial charge in [-0.2, -0.15) is 0 Å². The molecule has 2 unspecified atom stereocenters. The van der Waals surface area contributed by atoms with E-state index in [-0.39, 0.29) is 0 Å². The van der Waals surface area contributed by atoms with Crippen molar-refractivity contribution in [2.45, 2.75) is 76.7 Å². The van der Waals surface area contributed by atoms with Crippen molar-refractivity contribution in [3.05, 3.63) is 23.8 Å². The van der Waals surface area contributed by atoms with Gasteiger partial charge in [-0.25, -0.2) is 0 Å². The fourth-order valence-corrected chi connectivity index (χ4v) is 5.43. The van der Waals surface area contributed by atoms with E-state index >= 15 is 0 Å². The third-order valence-electron chi connectivity index (χ3n) is 6.83. The van der Waals surface area contributed by atoms with Crippen LogP contribution in [0.15, 0.2) is 18.2 Å². The molecule has 0 aromatic heterocycles. The SMILES string of the molecule is CCCCC(C)CN1CC[C@]2(c3ccc(OC)c(OC)c3)CCCCC12. The average Bonchev–Trinajstić information content (AvgIpc) is 3.05. The van der Waals surface area contributed by atoms with E-state index in [2.05, 4.69) is 36.9 Å². The predicted octanol–water partition coefficient (Wildman–Crippen LogP) is 5.42. The van der Waals surface area contributed by atoms with E-state index in [1.165, 1.54) is 70.0 Å². The van der Waals surface area contributed by atoms with Gasteiger partial charge in [0.2, 0.25) is 0 Å². The first kappa shape index (κ1) is 19.5. The standard InChI is InChI=1S/C23H37NO2/c1-5-6-9-18(2)17-24-15-14-23(13-8-7-10-22(23)24)19-11-12-20(25-3)21(16-19)26-4/h11-12,16,18,22H,5-10,13-15,17H2,1-4H3/t18?,22?,23-/m0/s1. The molecule has 0 bridgehead atoms. The Morgan fingerprint density at radius 3 is 2.69 bits per heavy atom. The van der Waals surface area contributed by atoms with Gasteiger partial charge in [0, 0.05) is 18.0 Å². The van der Waals surface area contributed by atoms with Gasteiger partial charge in [-0.05, 0) is 55.8 Å². The van der Waals surface area contributed by atoms with Crippen molar-refractivity contribution in [1.29, 1.82) is 0 Å². The Hall–Kier alpha value is -1.22. The van der Waals surface area contributed by atoms with E-state index in [0.29, 0.717) is 11.5 Å². The Bertz CT molecular complexity index is 588. The molecule has 1 saturated carbocycles. The summed E-state index contributed by atoms with van der Waals surface area (Å²) in [6.07, 6.45) is 10.7. The fourth-order valence-electron chi connectivity index (χ4n) is 5.43. The predicted molar refractivity (Wildman–Crippen MR) is 108 cm³/mol. The second-order valence-corrected chi connectivity index (χ2v) is 8.48. The van der Waals surface area contributed by atoms with Gasteiger partial charge < -0.3 is 9.47 Å². The lowest BCUT2D eigenvalue weighted by molar-refractivity contribution is 0.139. The summed E-state index contributed by atoms with van der Waals surface area (Å²) in [4.78, 5) is 2.82. The van der Waals surface area contributed by atoms with Gasteiger partial charge >= 0.3 is 0 Å². The number of ether oxygens (including phenoxy) is 2. The second kappa shape index (κ2) is 8.65. The molecule has 1 aliphatic carbocycles. The zero-order chi connectivity index (χ0) is 18.6. The number of hydrogen-bond acceptors (Lipinski definition) is 3. The minimum atomic E-state index is 0.308. The topological polar surface area (TPSA) is 21.7 Å². The number of unbranched alkanes of at least 4 members (excludes halogenated alkanes) is 1. The molecule has 146 valence electrons. The summed E-state index contributed by atoms with van der Waals surface area (Å²) in [5, 5.41) is 0. The monoisotopic (exact) mass is 359 g/mol. The highest BCUT2D eigenvalue weighted by Crippen LogP contribution is 2.50. The fraction of sp³-hybridized carbons (Fsp3) is 0.739. The zero-order valence-corrected chi connectivity index (χ0v) is 17.2. The van der Waals surface area contributed by atoms with Gasteiger partial charge in [0.1, 0.15) is 0 Å². The Kier molecular flexibility index (Phi) is 6.50. The van der Waals surface area contributed by atoms with E-state index in [1.54, 1.807) is 14.2 Å². The molecule has 3 heteroatoms. The summed E-state index contributed by atoms with van der Waals surface area (Å²) in [6.45, 7) is 7.25. The summed E-state index contributed by atoms with van der Waals surface area (Å²) in [6, 6.07) is 7.34. The van der Waals surface area contributed by atoms with Crippen molar-refractivity contribution >= 4 is 0 Å². The largest absolute Gasteiger partial charge is 0.493 e. The van der Waals surface area contributed by atoms with E-state index in [0.717, 1.165) is 17.4 Å². The van der Waals surface area contributed by atoms with Crippen LogP contribution in [0.5, 0.6) is 11.5 Å². The van der Waals surface area contributed by atoms with Crippen molar-refractivity contribution in [3.63, 3.8) is 0 Å². The highest BCUT2D eigenvalue weighted by molar-refractivity contribution is 5.46. The molecule has 2 aliphatic rings. The molecule has 0 amide bonds. The van der Waals surface area contributed by atoms with Crippen LogP contribution in [0.3, 0.4) is 0 Å². The van der Waals surface area contributed by atoms with Gasteiger partial charge in [0.15, 0.2) is 11.5 Å². The molecule has 3 atom stereocenters. The van der Waals surface area contributed by atoms with Crippen LogP contribution >= 0.6 is 0 Å². The Labute approximate surface area is 160 Å². The minimum absolute atomic E-state index is 0.308. The van der Waals surface area contributed by atoms with Gasteiger partial charge in [0.25, 0.3) is 0 Å². The lowest BCUT2D eigenvalue weighted by Crippen LogP contribution is -2.46. The third kappa shape index (κ3) is 3.74. The van der Waals surface area contributed by atoms with Crippen molar-refractivity contribution in [2.75, 3.05) is 27.3 Å². The van der Waals surface area contributed by atoms with Gasteiger partial charge in [-0.3, -0.25) is 4.90 Å². The molecule has 1 saturated heterocycles. The molecule has 26 heavy (non-hydrogen) atoms. The van der Waals surface area contributed by atoms with Crippen LogP contribution in [-0.4, -0.2) is 38.3 Å².